The zero-order valence-corrected chi connectivity index (χ0v) is 12.4. The molecule has 0 N–H and O–H groups in total. The number of carbonyl (C=O) groups excluding carboxylic acids is 2. The second-order valence-corrected chi connectivity index (χ2v) is 4.71. The molecule has 0 amide bonds. The molecule has 1 unspecified atom stereocenters. The summed E-state index contributed by atoms with van der Waals surface area (Å²) in [5, 5.41) is 0. The van der Waals surface area contributed by atoms with E-state index in [2.05, 4.69) is 0 Å². The molecular weight excluding hydrogens is 258 g/mol. The average Bonchev–Trinajstić information content (AvgIpc) is 2.40. The molecule has 0 saturated heterocycles. The number of hydrogen-bond acceptors (Lipinski definition) is 4. The molecule has 0 aliphatic carbocycles. The molecule has 110 valence electrons. The van der Waals surface area contributed by atoms with Crippen molar-refractivity contribution in [1.29, 1.82) is 0 Å². The smallest absolute Gasteiger partial charge is 0.329 e. The zero-order valence-electron chi connectivity index (χ0n) is 12.4. The third-order valence-electron chi connectivity index (χ3n) is 3.12. The number of hydrogen-bond donors (Lipinski definition) is 0. The molecule has 0 saturated carbocycles. The maximum Gasteiger partial charge on any atom is 0.329 e. The van der Waals surface area contributed by atoms with Crippen molar-refractivity contribution in [3.63, 3.8) is 0 Å². The predicted octanol–water partition coefficient (Wildman–Crippen LogP) is 2.26. The molecule has 0 fully saturated rings. The summed E-state index contributed by atoms with van der Waals surface area (Å²) in [4.78, 5) is 35.8. The van der Waals surface area contributed by atoms with Crippen LogP contribution in [0.1, 0.15) is 55.7 Å². The van der Waals surface area contributed by atoms with E-state index in [-0.39, 0.29) is 11.3 Å². The molecule has 0 aliphatic heterocycles. The number of Topliss-reactive ketones (excluding diaryl/α,β-unsaturated/α-hetero) is 1. The fourth-order valence-corrected chi connectivity index (χ4v) is 2.05. The highest BCUT2D eigenvalue weighted by Gasteiger charge is 2.24. The molecule has 5 heteroatoms. The quantitative estimate of drug-likeness (QED) is 0.592. The van der Waals surface area contributed by atoms with E-state index in [1.165, 1.54) is 17.6 Å². The fraction of sp³-hybridized carbons (Fsp3) is 0.533. The van der Waals surface area contributed by atoms with Crippen LogP contribution < -0.4 is 5.56 Å². The Balaban J connectivity index is 3.28. The monoisotopic (exact) mass is 279 g/mol. The molecule has 0 radical (unpaired) electrons. The Morgan fingerprint density at radius 2 is 1.95 bits per heavy atom. The molecule has 1 atom stereocenters. The van der Waals surface area contributed by atoms with E-state index in [1.807, 2.05) is 13.8 Å². The Hall–Kier alpha value is -1.91. The SMILES string of the molecule is CCCOC(=O)C(CC)n1c(C)ccc(C(C)=O)c1=O. The van der Waals surface area contributed by atoms with Gasteiger partial charge in [-0.2, -0.15) is 0 Å². The molecule has 1 aromatic heterocycles. The Kier molecular flexibility index (Phi) is 5.67. The molecule has 1 aromatic rings. The van der Waals surface area contributed by atoms with E-state index in [0.717, 1.165) is 6.42 Å². The molecule has 0 bridgehead atoms. The van der Waals surface area contributed by atoms with E-state index < -0.39 is 17.6 Å². The number of aryl methyl sites for hydroxylation is 1. The van der Waals surface area contributed by atoms with Crippen LogP contribution in [0.4, 0.5) is 0 Å². The molecule has 0 aromatic carbocycles. The van der Waals surface area contributed by atoms with Crippen LogP contribution in [0.15, 0.2) is 16.9 Å². The summed E-state index contributed by atoms with van der Waals surface area (Å²) < 4.78 is 6.48. The molecular formula is C15H21NO4. The second-order valence-electron chi connectivity index (χ2n) is 4.71. The van der Waals surface area contributed by atoms with Gasteiger partial charge in [0.2, 0.25) is 0 Å². The van der Waals surface area contributed by atoms with Crippen molar-refractivity contribution in [3.05, 3.63) is 33.7 Å². The fourth-order valence-electron chi connectivity index (χ4n) is 2.05. The minimum absolute atomic E-state index is 0.0948. The summed E-state index contributed by atoms with van der Waals surface area (Å²) in [5.74, 6) is -0.735. The van der Waals surface area contributed by atoms with Gasteiger partial charge in [0.1, 0.15) is 6.04 Å². The van der Waals surface area contributed by atoms with Gasteiger partial charge in [-0.3, -0.25) is 14.2 Å². The zero-order chi connectivity index (χ0) is 15.3. The van der Waals surface area contributed by atoms with E-state index in [1.54, 1.807) is 13.0 Å². The van der Waals surface area contributed by atoms with Crippen LogP contribution in [-0.2, 0) is 9.53 Å². The Morgan fingerprint density at radius 1 is 1.30 bits per heavy atom. The summed E-state index contributed by atoms with van der Waals surface area (Å²) in [7, 11) is 0. The summed E-state index contributed by atoms with van der Waals surface area (Å²) in [6, 6.07) is 2.49. The van der Waals surface area contributed by atoms with E-state index >= 15 is 0 Å². The number of pyridine rings is 1. The number of esters is 1. The lowest BCUT2D eigenvalue weighted by molar-refractivity contribution is -0.148. The number of nitrogens with zero attached hydrogens (tertiary/aromatic N) is 1. The highest BCUT2D eigenvalue weighted by molar-refractivity contribution is 5.93. The van der Waals surface area contributed by atoms with Gasteiger partial charge in [0.05, 0.1) is 12.2 Å². The van der Waals surface area contributed by atoms with Gasteiger partial charge in [0, 0.05) is 5.69 Å². The van der Waals surface area contributed by atoms with Gasteiger partial charge < -0.3 is 4.74 Å². The van der Waals surface area contributed by atoms with Crippen molar-refractivity contribution in [3.8, 4) is 0 Å². The first-order valence-corrected chi connectivity index (χ1v) is 6.83. The molecule has 0 spiro atoms. The van der Waals surface area contributed by atoms with Crippen LogP contribution in [0.5, 0.6) is 0 Å². The molecule has 1 heterocycles. The van der Waals surface area contributed by atoms with Crippen molar-refractivity contribution < 1.29 is 14.3 Å². The predicted molar refractivity (Wildman–Crippen MR) is 76.0 cm³/mol. The van der Waals surface area contributed by atoms with Gasteiger partial charge >= 0.3 is 5.97 Å². The summed E-state index contributed by atoms with van der Waals surface area (Å²) >= 11 is 0. The first-order valence-electron chi connectivity index (χ1n) is 6.83. The van der Waals surface area contributed by atoms with Crippen LogP contribution >= 0.6 is 0 Å². The summed E-state index contributed by atoms with van der Waals surface area (Å²) in [6.07, 6.45) is 1.16. The van der Waals surface area contributed by atoms with Gasteiger partial charge in [-0.25, -0.2) is 4.79 Å². The number of aromatic nitrogens is 1. The molecule has 5 nitrogen and oxygen atoms in total. The van der Waals surface area contributed by atoms with Crippen molar-refractivity contribution in [2.45, 2.75) is 46.6 Å². The van der Waals surface area contributed by atoms with Gasteiger partial charge in [0.15, 0.2) is 5.78 Å². The van der Waals surface area contributed by atoms with Crippen molar-refractivity contribution in [2.75, 3.05) is 6.61 Å². The topological polar surface area (TPSA) is 65.4 Å². The molecule has 0 aliphatic rings. The van der Waals surface area contributed by atoms with Crippen LogP contribution in [0, 0.1) is 6.92 Å². The van der Waals surface area contributed by atoms with Crippen molar-refractivity contribution in [2.24, 2.45) is 0 Å². The second kappa shape index (κ2) is 7.03. The first-order chi connectivity index (χ1) is 9.43. The maximum absolute atomic E-state index is 12.3. The van der Waals surface area contributed by atoms with Crippen LogP contribution in [-0.4, -0.2) is 22.9 Å². The van der Waals surface area contributed by atoms with Gasteiger partial charge in [-0.15, -0.1) is 0 Å². The lowest BCUT2D eigenvalue weighted by Crippen LogP contribution is -2.35. The Morgan fingerprint density at radius 3 is 2.45 bits per heavy atom. The Labute approximate surface area is 118 Å². The maximum atomic E-state index is 12.3. The number of ketones is 1. The van der Waals surface area contributed by atoms with Crippen LogP contribution in [0.25, 0.3) is 0 Å². The molecule has 20 heavy (non-hydrogen) atoms. The number of carbonyl (C=O) groups is 2. The minimum atomic E-state index is -0.687. The minimum Gasteiger partial charge on any atom is -0.464 e. The van der Waals surface area contributed by atoms with Crippen LogP contribution in [0.3, 0.4) is 0 Å². The lowest BCUT2D eigenvalue weighted by Gasteiger charge is -2.20. The highest BCUT2D eigenvalue weighted by atomic mass is 16.5. The summed E-state index contributed by atoms with van der Waals surface area (Å²) in [5.41, 5.74) is 0.301. The number of ether oxygens (including phenoxy) is 1. The van der Waals surface area contributed by atoms with E-state index in [0.29, 0.717) is 18.7 Å². The number of rotatable bonds is 6. The van der Waals surface area contributed by atoms with Crippen LogP contribution in [0.2, 0.25) is 0 Å². The summed E-state index contributed by atoms with van der Waals surface area (Å²) in [6.45, 7) is 7.12. The van der Waals surface area contributed by atoms with E-state index in [9.17, 15) is 14.4 Å². The molecule has 1 rings (SSSR count). The third kappa shape index (κ3) is 3.35. The standard InChI is InChI=1S/C15H21NO4/c1-5-9-20-15(19)13(6-2)16-10(3)7-8-12(11(4)17)14(16)18/h7-8,13H,5-6,9H2,1-4H3. The lowest BCUT2D eigenvalue weighted by atomic mass is 10.1. The highest BCUT2D eigenvalue weighted by Crippen LogP contribution is 2.15. The van der Waals surface area contributed by atoms with Gasteiger partial charge in [0.25, 0.3) is 5.56 Å². The van der Waals surface area contributed by atoms with Gasteiger partial charge in [-0.05, 0) is 38.8 Å². The normalized spacial score (nSPS) is 12.0. The van der Waals surface area contributed by atoms with Gasteiger partial charge in [-0.1, -0.05) is 13.8 Å². The first kappa shape index (κ1) is 16.1. The largest absolute Gasteiger partial charge is 0.464 e. The average molecular weight is 279 g/mol. The van der Waals surface area contributed by atoms with Crippen molar-refractivity contribution in [1.82, 2.24) is 4.57 Å². The Bertz CT molecular complexity index is 559. The van der Waals surface area contributed by atoms with E-state index in [4.69, 9.17) is 4.74 Å². The third-order valence-corrected chi connectivity index (χ3v) is 3.12. The van der Waals surface area contributed by atoms with Crippen molar-refractivity contribution >= 4 is 11.8 Å².